The van der Waals surface area contributed by atoms with Crippen LogP contribution in [0.4, 0.5) is 4.79 Å². The normalized spacial score (nSPS) is 17.8. The molecule has 0 aromatic heterocycles. The van der Waals surface area contributed by atoms with Gasteiger partial charge < -0.3 is 30.3 Å². The second kappa shape index (κ2) is 17.2. The van der Waals surface area contributed by atoms with Crippen LogP contribution >= 0.6 is 11.8 Å². The predicted octanol–water partition coefficient (Wildman–Crippen LogP) is 5.02. The van der Waals surface area contributed by atoms with Crippen molar-refractivity contribution in [1.82, 2.24) is 20.9 Å². The van der Waals surface area contributed by atoms with Crippen molar-refractivity contribution < 1.29 is 33.4 Å². The molecule has 0 saturated carbocycles. The van der Waals surface area contributed by atoms with Crippen LogP contribution in [0.2, 0.25) is 0 Å². The number of carbonyl (C=O) groups excluding carboxylic acids is 5. The van der Waals surface area contributed by atoms with Crippen LogP contribution in [0, 0.1) is 5.92 Å². The SMILES string of the molecule is CC[C@H](C)[C@H](NC(=O)[C@H](C)NC(=O)[C@H](CCSC)NC(=O)OCC1c2ccccc2-c2ccccc21)C(=O)N1CCC[C@H]1C(=O)OC(C)(C)C. The first-order valence-electron chi connectivity index (χ1n) is 17.5. The molecule has 12 heteroatoms. The maximum absolute atomic E-state index is 13.8. The maximum atomic E-state index is 13.8. The maximum Gasteiger partial charge on any atom is 0.407 e. The number of ether oxygens (including phenoxy) is 2. The van der Waals surface area contributed by atoms with Gasteiger partial charge in [0.15, 0.2) is 0 Å². The summed E-state index contributed by atoms with van der Waals surface area (Å²) >= 11 is 1.53. The molecule has 0 bridgehead atoms. The number of benzene rings is 2. The summed E-state index contributed by atoms with van der Waals surface area (Å²) in [5.74, 6) is -1.68. The predicted molar refractivity (Wildman–Crippen MR) is 195 cm³/mol. The number of hydrogen-bond donors (Lipinski definition) is 3. The van der Waals surface area contributed by atoms with Gasteiger partial charge >= 0.3 is 12.1 Å². The van der Waals surface area contributed by atoms with E-state index in [4.69, 9.17) is 9.47 Å². The molecule has 11 nitrogen and oxygen atoms in total. The first kappa shape index (κ1) is 38.7. The van der Waals surface area contributed by atoms with Crippen LogP contribution in [-0.4, -0.2) is 89.6 Å². The minimum absolute atomic E-state index is 0.104. The fourth-order valence-electron chi connectivity index (χ4n) is 6.45. The Bertz CT molecular complexity index is 1500. The first-order chi connectivity index (χ1) is 23.7. The van der Waals surface area contributed by atoms with Crippen LogP contribution in [0.1, 0.15) is 84.3 Å². The molecule has 3 N–H and O–H groups in total. The topological polar surface area (TPSA) is 143 Å². The Morgan fingerprint density at radius 3 is 2.12 bits per heavy atom. The van der Waals surface area contributed by atoms with Gasteiger partial charge in [0.05, 0.1) is 0 Å². The Morgan fingerprint density at radius 2 is 1.54 bits per heavy atom. The quantitative estimate of drug-likeness (QED) is 0.233. The van der Waals surface area contributed by atoms with Crippen molar-refractivity contribution >= 4 is 41.5 Å². The van der Waals surface area contributed by atoms with E-state index in [1.165, 1.54) is 23.6 Å². The number of amides is 4. The van der Waals surface area contributed by atoms with Crippen molar-refractivity contribution in [2.75, 3.05) is 25.2 Å². The van der Waals surface area contributed by atoms with Crippen LogP contribution in [-0.2, 0) is 28.7 Å². The van der Waals surface area contributed by atoms with Crippen molar-refractivity contribution in [1.29, 1.82) is 0 Å². The molecule has 2 aromatic carbocycles. The minimum Gasteiger partial charge on any atom is -0.458 e. The number of carbonyl (C=O) groups is 5. The van der Waals surface area contributed by atoms with Gasteiger partial charge in [-0.15, -0.1) is 0 Å². The van der Waals surface area contributed by atoms with E-state index in [0.717, 1.165) is 22.3 Å². The summed E-state index contributed by atoms with van der Waals surface area (Å²) in [6, 6.07) is 12.5. The van der Waals surface area contributed by atoms with Gasteiger partial charge in [0.1, 0.15) is 36.4 Å². The second-order valence-electron chi connectivity index (χ2n) is 14.1. The lowest BCUT2D eigenvalue weighted by atomic mass is 9.97. The largest absolute Gasteiger partial charge is 0.458 e. The number of fused-ring (bicyclic) bond motifs is 3. The zero-order chi connectivity index (χ0) is 36.6. The summed E-state index contributed by atoms with van der Waals surface area (Å²) in [5, 5.41) is 8.25. The summed E-state index contributed by atoms with van der Waals surface area (Å²) in [5.41, 5.74) is 3.69. The zero-order valence-corrected chi connectivity index (χ0v) is 31.1. The van der Waals surface area contributed by atoms with Crippen LogP contribution < -0.4 is 16.0 Å². The fraction of sp³-hybridized carbons (Fsp3) is 0.553. The van der Waals surface area contributed by atoms with Crippen LogP contribution in [0.15, 0.2) is 48.5 Å². The van der Waals surface area contributed by atoms with E-state index in [9.17, 15) is 24.0 Å². The number of nitrogens with one attached hydrogen (secondary N) is 3. The Labute approximate surface area is 300 Å². The Morgan fingerprint density at radius 1 is 0.920 bits per heavy atom. The summed E-state index contributed by atoms with van der Waals surface area (Å²) in [4.78, 5) is 68.2. The minimum atomic E-state index is -1.01. The molecule has 5 atom stereocenters. The average Bonchev–Trinajstić information content (AvgIpc) is 3.70. The number of nitrogens with zero attached hydrogens (tertiary/aromatic N) is 1. The summed E-state index contributed by atoms with van der Waals surface area (Å²) in [6.45, 7) is 11.1. The van der Waals surface area contributed by atoms with Gasteiger partial charge in [-0.05, 0) is 87.1 Å². The first-order valence-corrected chi connectivity index (χ1v) is 18.9. The summed E-state index contributed by atoms with van der Waals surface area (Å²) in [7, 11) is 0. The number of likely N-dealkylation sites (tertiary alicyclic amines) is 1. The molecule has 0 unspecified atom stereocenters. The lowest BCUT2D eigenvalue weighted by Gasteiger charge is -2.33. The average molecular weight is 709 g/mol. The highest BCUT2D eigenvalue weighted by atomic mass is 32.2. The Balaban J connectivity index is 1.37. The molecule has 1 saturated heterocycles. The van der Waals surface area contributed by atoms with E-state index in [2.05, 4.69) is 28.1 Å². The van der Waals surface area contributed by atoms with Crippen molar-refractivity contribution in [3.63, 3.8) is 0 Å². The van der Waals surface area contributed by atoms with E-state index in [1.54, 1.807) is 20.8 Å². The van der Waals surface area contributed by atoms with Gasteiger partial charge in [-0.2, -0.15) is 11.8 Å². The molecule has 1 aliphatic carbocycles. The monoisotopic (exact) mass is 708 g/mol. The standard InChI is InChI=1S/C38H52N4O7S/c1-8-23(2)32(35(45)42-20-13-18-31(42)36(46)49-38(4,5)6)41-33(43)24(3)39-34(44)30(19-21-50-7)40-37(47)48-22-29-27-16-11-9-14-25(27)26-15-10-12-17-28(26)29/h9-12,14-17,23-24,29-32H,8,13,18-22H2,1-7H3,(H,39,44)(H,40,47)(H,41,43)/t23-,24-,30-,31-,32-/m0/s1. The van der Waals surface area contributed by atoms with Crippen LogP contribution in [0.25, 0.3) is 11.1 Å². The molecule has 0 spiro atoms. The lowest BCUT2D eigenvalue weighted by Crippen LogP contribution is -2.58. The van der Waals surface area contributed by atoms with Gasteiger partial charge in [0.2, 0.25) is 17.7 Å². The number of thioether (sulfide) groups is 1. The van der Waals surface area contributed by atoms with E-state index < -0.39 is 53.6 Å². The van der Waals surface area contributed by atoms with Crippen molar-refractivity contribution in [3.05, 3.63) is 59.7 Å². The van der Waals surface area contributed by atoms with Gasteiger partial charge in [0, 0.05) is 12.5 Å². The summed E-state index contributed by atoms with van der Waals surface area (Å²) in [6.07, 6.45) is 3.24. The van der Waals surface area contributed by atoms with Gasteiger partial charge in [-0.25, -0.2) is 9.59 Å². The van der Waals surface area contributed by atoms with Crippen molar-refractivity contribution in [2.24, 2.45) is 5.92 Å². The molecule has 1 fully saturated rings. The van der Waals surface area contributed by atoms with Crippen LogP contribution in [0.3, 0.4) is 0 Å². The third kappa shape index (κ3) is 9.58. The summed E-state index contributed by atoms with van der Waals surface area (Å²) < 4.78 is 11.3. The fourth-order valence-corrected chi connectivity index (χ4v) is 6.92. The third-order valence-electron chi connectivity index (χ3n) is 9.31. The molecule has 4 amide bonds. The molecule has 4 rings (SSSR count). The van der Waals surface area contributed by atoms with E-state index >= 15 is 0 Å². The molecule has 1 aliphatic heterocycles. The molecule has 2 aromatic rings. The van der Waals surface area contributed by atoms with Crippen LogP contribution in [0.5, 0.6) is 0 Å². The zero-order valence-electron chi connectivity index (χ0n) is 30.2. The molecule has 0 radical (unpaired) electrons. The number of esters is 1. The molecule has 2 aliphatic rings. The van der Waals surface area contributed by atoms with Gasteiger partial charge in [-0.3, -0.25) is 14.4 Å². The smallest absolute Gasteiger partial charge is 0.407 e. The third-order valence-corrected chi connectivity index (χ3v) is 9.95. The van der Waals surface area contributed by atoms with Gasteiger partial charge in [-0.1, -0.05) is 68.8 Å². The highest BCUT2D eigenvalue weighted by Crippen LogP contribution is 2.44. The highest BCUT2D eigenvalue weighted by molar-refractivity contribution is 7.98. The molecular weight excluding hydrogens is 657 g/mol. The molecule has 50 heavy (non-hydrogen) atoms. The number of alkyl carbamates (subject to hydrolysis) is 1. The second-order valence-corrected chi connectivity index (χ2v) is 15.1. The van der Waals surface area contributed by atoms with E-state index in [1.807, 2.05) is 56.5 Å². The van der Waals surface area contributed by atoms with Crippen molar-refractivity contribution in [2.45, 2.75) is 103 Å². The van der Waals surface area contributed by atoms with E-state index in [0.29, 0.717) is 38.0 Å². The molecule has 1 heterocycles. The lowest BCUT2D eigenvalue weighted by molar-refractivity contribution is -0.163. The molecule has 272 valence electrons. The van der Waals surface area contributed by atoms with Crippen molar-refractivity contribution in [3.8, 4) is 11.1 Å². The number of hydrogen-bond acceptors (Lipinski definition) is 8. The van der Waals surface area contributed by atoms with E-state index in [-0.39, 0.29) is 24.3 Å². The molecular formula is C38H52N4O7S. The number of rotatable bonds is 14. The Kier molecular flexibility index (Phi) is 13.4. The Hall–Kier alpha value is -4.06. The highest BCUT2D eigenvalue weighted by Gasteiger charge is 2.41. The van der Waals surface area contributed by atoms with Gasteiger partial charge in [0.25, 0.3) is 0 Å².